The highest BCUT2D eigenvalue weighted by Gasteiger charge is 2.08. The Bertz CT molecular complexity index is 135. The Hall–Kier alpha value is -0.120. The molecule has 0 fully saturated rings. The summed E-state index contributed by atoms with van der Waals surface area (Å²) in [4.78, 5) is 0. The first-order valence-corrected chi connectivity index (χ1v) is 6.37. The molecule has 0 bridgehead atoms. The normalized spacial score (nSPS) is 13.3. The van der Waals surface area contributed by atoms with Gasteiger partial charge >= 0.3 is 0 Å². The lowest BCUT2D eigenvalue weighted by atomic mass is 10.00. The number of rotatable bonds is 11. The van der Waals surface area contributed by atoms with Gasteiger partial charge in [-0.3, -0.25) is 0 Å². The molecule has 0 aliphatic heterocycles. The van der Waals surface area contributed by atoms with Gasteiger partial charge in [0.1, 0.15) is 0 Å². The van der Waals surface area contributed by atoms with Gasteiger partial charge in [0, 0.05) is 27.4 Å². The zero-order valence-corrected chi connectivity index (χ0v) is 11.3. The van der Waals surface area contributed by atoms with Gasteiger partial charge in [0.15, 0.2) is 6.29 Å². The summed E-state index contributed by atoms with van der Waals surface area (Å²) in [5, 5.41) is 0. The van der Waals surface area contributed by atoms with E-state index in [9.17, 15) is 0 Å². The second-order valence-electron chi connectivity index (χ2n) is 4.34. The van der Waals surface area contributed by atoms with E-state index >= 15 is 0 Å². The van der Waals surface area contributed by atoms with Crippen molar-refractivity contribution >= 4 is 0 Å². The fourth-order valence-electron chi connectivity index (χ4n) is 1.68. The molecule has 0 rings (SSSR count). The minimum atomic E-state index is -0.0428. The van der Waals surface area contributed by atoms with Gasteiger partial charge in [-0.25, -0.2) is 0 Å². The van der Waals surface area contributed by atoms with Gasteiger partial charge in [-0.15, -0.1) is 0 Å². The van der Waals surface area contributed by atoms with Crippen LogP contribution in [0.1, 0.15) is 46.0 Å². The molecule has 98 valence electrons. The lowest BCUT2D eigenvalue weighted by Crippen LogP contribution is -2.14. The molecule has 16 heavy (non-hydrogen) atoms. The number of hydrogen-bond donors (Lipinski definition) is 0. The molecule has 1 unspecified atom stereocenters. The summed E-state index contributed by atoms with van der Waals surface area (Å²) >= 11 is 0. The van der Waals surface area contributed by atoms with Crippen molar-refractivity contribution in [2.75, 3.05) is 27.4 Å². The van der Waals surface area contributed by atoms with Crippen LogP contribution in [-0.4, -0.2) is 33.7 Å². The summed E-state index contributed by atoms with van der Waals surface area (Å²) in [5.74, 6) is 0.720. The second kappa shape index (κ2) is 11.4. The van der Waals surface area contributed by atoms with Crippen molar-refractivity contribution in [1.82, 2.24) is 0 Å². The van der Waals surface area contributed by atoms with Crippen molar-refractivity contribution in [2.24, 2.45) is 5.92 Å². The van der Waals surface area contributed by atoms with Crippen LogP contribution in [0.5, 0.6) is 0 Å². The summed E-state index contributed by atoms with van der Waals surface area (Å²) in [6.07, 6.45) is 5.58. The van der Waals surface area contributed by atoms with E-state index in [1.807, 2.05) is 0 Å². The zero-order valence-electron chi connectivity index (χ0n) is 11.3. The topological polar surface area (TPSA) is 27.7 Å². The molecule has 0 radical (unpaired) electrons. The molecule has 0 aromatic carbocycles. The first-order valence-electron chi connectivity index (χ1n) is 6.37. The summed E-state index contributed by atoms with van der Waals surface area (Å²) in [6.45, 7) is 6.21. The Morgan fingerprint density at radius 2 is 1.62 bits per heavy atom. The van der Waals surface area contributed by atoms with E-state index in [0.717, 1.165) is 44.8 Å². The molecule has 0 aliphatic carbocycles. The van der Waals surface area contributed by atoms with Crippen LogP contribution < -0.4 is 0 Å². The van der Waals surface area contributed by atoms with Crippen molar-refractivity contribution in [3.8, 4) is 0 Å². The molecule has 0 aromatic rings. The molecule has 0 heterocycles. The van der Waals surface area contributed by atoms with Crippen molar-refractivity contribution in [3.63, 3.8) is 0 Å². The fraction of sp³-hybridized carbons (Fsp3) is 1.00. The maximum atomic E-state index is 5.45. The third kappa shape index (κ3) is 9.13. The average molecular weight is 232 g/mol. The Balaban J connectivity index is 3.33. The molecule has 0 aromatic heterocycles. The maximum Gasteiger partial charge on any atom is 0.156 e. The SMILES string of the molecule is CCCOCCCC(C)CCC(OC)OC. The summed E-state index contributed by atoms with van der Waals surface area (Å²) < 4.78 is 15.8. The lowest BCUT2D eigenvalue weighted by Gasteiger charge is -2.16. The predicted molar refractivity (Wildman–Crippen MR) is 66.5 cm³/mol. The number of hydrogen-bond acceptors (Lipinski definition) is 3. The lowest BCUT2D eigenvalue weighted by molar-refractivity contribution is -0.108. The largest absolute Gasteiger partial charge is 0.381 e. The number of methoxy groups -OCH3 is 2. The van der Waals surface area contributed by atoms with Crippen molar-refractivity contribution in [3.05, 3.63) is 0 Å². The van der Waals surface area contributed by atoms with Gasteiger partial charge in [0.25, 0.3) is 0 Å². The van der Waals surface area contributed by atoms with Gasteiger partial charge in [0.05, 0.1) is 0 Å². The predicted octanol–water partition coefficient (Wildman–Crippen LogP) is 3.23. The van der Waals surface area contributed by atoms with Crippen LogP contribution in [0.2, 0.25) is 0 Å². The van der Waals surface area contributed by atoms with Crippen LogP contribution in [0.4, 0.5) is 0 Å². The highest BCUT2D eigenvalue weighted by Crippen LogP contribution is 2.15. The molecule has 3 nitrogen and oxygen atoms in total. The molecule has 0 saturated heterocycles. The Morgan fingerprint density at radius 3 is 2.19 bits per heavy atom. The molecular weight excluding hydrogens is 204 g/mol. The highest BCUT2D eigenvalue weighted by molar-refractivity contribution is 4.55. The molecular formula is C13H28O3. The van der Waals surface area contributed by atoms with E-state index in [-0.39, 0.29) is 6.29 Å². The molecule has 0 N–H and O–H groups in total. The Labute approximate surface area is 100 Å². The van der Waals surface area contributed by atoms with Crippen molar-refractivity contribution < 1.29 is 14.2 Å². The van der Waals surface area contributed by atoms with Crippen LogP contribution in [0.25, 0.3) is 0 Å². The van der Waals surface area contributed by atoms with Gasteiger partial charge in [-0.1, -0.05) is 13.8 Å². The van der Waals surface area contributed by atoms with Crippen molar-refractivity contribution in [2.45, 2.75) is 52.2 Å². The Kier molecular flexibility index (Phi) is 11.3. The summed E-state index contributed by atoms with van der Waals surface area (Å²) in [6, 6.07) is 0. The first kappa shape index (κ1) is 15.9. The maximum absolute atomic E-state index is 5.45. The van der Waals surface area contributed by atoms with E-state index in [0.29, 0.717) is 0 Å². The minimum absolute atomic E-state index is 0.0428. The molecule has 0 amide bonds. The van der Waals surface area contributed by atoms with E-state index in [2.05, 4.69) is 13.8 Å². The second-order valence-corrected chi connectivity index (χ2v) is 4.34. The summed E-state index contributed by atoms with van der Waals surface area (Å²) in [5.41, 5.74) is 0. The van der Waals surface area contributed by atoms with Gasteiger partial charge in [0.2, 0.25) is 0 Å². The minimum Gasteiger partial charge on any atom is -0.381 e. The Morgan fingerprint density at radius 1 is 0.938 bits per heavy atom. The van der Waals surface area contributed by atoms with E-state index in [4.69, 9.17) is 14.2 Å². The average Bonchev–Trinajstić information content (AvgIpc) is 2.30. The van der Waals surface area contributed by atoms with Crippen LogP contribution in [-0.2, 0) is 14.2 Å². The first-order chi connectivity index (χ1) is 7.74. The van der Waals surface area contributed by atoms with Crippen molar-refractivity contribution in [1.29, 1.82) is 0 Å². The van der Waals surface area contributed by atoms with Crippen LogP contribution >= 0.6 is 0 Å². The standard InChI is InChI=1S/C13H28O3/c1-5-10-16-11-6-7-12(2)8-9-13(14-3)15-4/h12-13H,5-11H2,1-4H3. The van der Waals surface area contributed by atoms with E-state index in [1.54, 1.807) is 14.2 Å². The highest BCUT2D eigenvalue weighted by atomic mass is 16.7. The van der Waals surface area contributed by atoms with Gasteiger partial charge in [-0.05, 0) is 38.0 Å². The molecule has 3 heteroatoms. The van der Waals surface area contributed by atoms with Crippen LogP contribution in [0.3, 0.4) is 0 Å². The van der Waals surface area contributed by atoms with Crippen LogP contribution in [0.15, 0.2) is 0 Å². The quantitative estimate of drug-likeness (QED) is 0.404. The fourth-order valence-corrected chi connectivity index (χ4v) is 1.68. The molecule has 0 spiro atoms. The van der Waals surface area contributed by atoms with Gasteiger partial charge < -0.3 is 14.2 Å². The van der Waals surface area contributed by atoms with E-state index in [1.165, 1.54) is 6.42 Å². The monoisotopic (exact) mass is 232 g/mol. The molecule has 0 saturated carbocycles. The molecule has 0 aliphatic rings. The third-order valence-corrected chi connectivity index (χ3v) is 2.76. The third-order valence-electron chi connectivity index (χ3n) is 2.76. The zero-order chi connectivity index (χ0) is 12.2. The summed E-state index contributed by atoms with van der Waals surface area (Å²) in [7, 11) is 3.38. The number of ether oxygens (including phenoxy) is 3. The smallest absolute Gasteiger partial charge is 0.156 e. The van der Waals surface area contributed by atoms with E-state index < -0.39 is 0 Å². The molecule has 1 atom stereocenters. The van der Waals surface area contributed by atoms with Gasteiger partial charge in [-0.2, -0.15) is 0 Å². The van der Waals surface area contributed by atoms with Crippen LogP contribution in [0, 0.1) is 5.92 Å².